The standard InChI is InChI=1S/C15H30N2O/c1-14(2,3)17(7)11-9-15(4,5)12-8-10-16(6)13(12)18/h12H,8-11H2,1-7H3. The van der Waals surface area contributed by atoms with Gasteiger partial charge in [0.2, 0.25) is 5.91 Å². The Morgan fingerprint density at radius 1 is 1.28 bits per heavy atom. The highest BCUT2D eigenvalue weighted by Crippen LogP contribution is 2.38. The lowest BCUT2D eigenvalue weighted by Gasteiger charge is -2.37. The second-order valence-corrected chi connectivity index (χ2v) is 7.43. The monoisotopic (exact) mass is 254 g/mol. The molecule has 1 aliphatic heterocycles. The maximum atomic E-state index is 12.1. The Morgan fingerprint density at radius 3 is 2.22 bits per heavy atom. The van der Waals surface area contributed by atoms with Crippen molar-refractivity contribution in [3.8, 4) is 0 Å². The summed E-state index contributed by atoms with van der Waals surface area (Å²) in [5.74, 6) is 0.536. The summed E-state index contributed by atoms with van der Waals surface area (Å²) in [5, 5.41) is 0. The van der Waals surface area contributed by atoms with Crippen LogP contribution in [0, 0.1) is 11.3 Å². The predicted octanol–water partition coefficient (Wildman–Crippen LogP) is 2.61. The molecule has 1 rings (SSSR count). The lowest BCUT2D eigenvalue weighted by Crippen LogP contribution is -2.41. The third kappa shape index (κ3) is 3.47. The van der Waals surface area contributed by atoms with Crippen LogP contribution in [0.3, 0.4) is 0 Å². The van der Waals surface area contributed by atoms with Gasteiger partial charge in [-0.15, -0.1) is 0 Å². The third-order valence-electron chi connectivity index (χ3n) is 4.61. The van der Waals surface area contributed by atoms with Gasteiger partial charge in [-0.05, 0) is 52.6 Å². The number of hydrogen-bond donors (Lipinski definition) is 0. The fraction of sp³-hybridized carbons (Fsp3) is 0.933. The maximum absolute atomic E-state index is 12.1. The molecule has 0 aromatic heterocycles. The van der Waals surface area contributed by atoms with E-state index in [0.717, 1.165) is 25.9 Å². The molecule has 3 heteroatoms. The minimum atomic E-state index is 0.0986. The molecule has 1 aliphatic rings. The topological polar surface area (TPSA) is 23.6 Å². The summed E-state index contributed by atoms with van der Waals surface area (Å²) in [4.78, 5) is 16.4. The van der Waals surface area contributed by atoms with Crippen molar-refractivity contribution in [1.82, 2.24) is 9.80 Å². The molecule has 0 aliphatic carbocycles. The zero-order valence-corrected chi connectivity index (χ0v) is 13.2. The van der Waals surface area contributed by atoms with Crippen LogP contribution in [-0.2, 0) is 4.79 Å². The molecule has 106 valence electrons. The summed E-state index contributed by atoms with van der Waals surface area (Å²) in [5.41, 5.74) is 0.300. The van der Waals surface area contributed by atoms with Gasteiger partial charge in [-0.2, -0.15) is 0 Å². The number of carbonyl (C=O) groups excluding carboxylic acids is 1. The summed E-state index contributed by atoms with van der Waals surface area (Å²) < 4.78 is 0. The molecule has 1 atom stereocenters. The average Bonchev–Trinajstić information content (AvgIpc) is 2.55. The van der Waals surface area contributed by atoms with Crippen molar-refractivity contribution in [2.24, 2.45) is 11.3 Å². The molecule has 18 heavy (non-hydrogen) atoms. The molecule has 3 nitrogen and oxygen atoms in total. The van der Waals surface area contributed by atoms with Crippen LogP contribution in [0.4, 0.5) is 0 Å². The first-order chi connectivity index (χ1) is 8.05. The van der Waals surface area contributed by atoms with Gasteiger partial charge in [0.1, 0.15) is 0 Å². The van der Waals surface area contributed by atoms with E-state index in [4.69, 9.17) is 0 Å². The molecular weight excluding hydrogens is 224 g/mol. The zero-order valence-electron chi connectivity index (χ0n) is 13.2. The van der Waals surface area contributed by atoms with Crippen molar-refractivity contribution in [2.45, 2.75) is 53.0 Å². The van der Waals surface area contributed by atoms with E-state index in [1.807, 2.05) is 11.9 Å². The first-order valence-electron chi connectivity index (χ1n) is 7.02. The molecule has 1 heterocycles. The van der Waals surface area contributed by atoms with E-state index in [-0.39, 0.29) is 16.9 Å². The number of nitrogens with zero attached hydrogens (tertiary/aromatic N) is 2. The molecule has 1 unspecified atom stereocenters. The van der Waals surface area contributed by atoms with Gasteiger partial charge in [0.05, 0.1) is 0 Å². The van der Waals surface area contributed by atoms with Crippen LogP contribution in [0.1, 0.15) is 47.5 Å². The lowest BCUT2D eigenvalue weighted by molar-refractivity contribution is -0.133. The molecule has 0 N–H and O–H groups in total. The summed E-state index contributed by atoms with van der Waals surface area (Å²) in [7, 11) is 4.08. The first kappa shape index (κ1) is 15.5. The quantitative estimate of drug-likeness (QED) is 0.770. The highest BCUT2D eigenvalue weighted by molar-refractivity contribution is 5.81. The van der Waals surface area contributed by atoms with Crippen LogP contribution in [0.2, 0.25) is 0 Å². The van der Waals surface area contributed by atoms with Gasteiger partial charge >= 0.3 is 0 Å². The Balaban J connectivity index is 2.58. The molecule has 0 aromatic carbocycles. The van der Waals surface area contributed by atoms with Gasteiger partial charge in [0.15, 0.2) is 0 Å². The van der Waals surface area contributed by atoms with Gasteiger partial charge < -0.3 is 9.80 Å². The van der Waals surface area contributed by atoms with Crippen molar-refractivity contribution in [3.63, 3.8) is 0 Å². The summed E-state index contributed by atoms with van der Waals surface area (Å²) in [6.45, 7) is 13.1. The fourth-order valence-corrected chi connectivity index (χ4v) is 2.51. The van der Waals surface area contributed by atoms with Gasteiger partial charge in [0, 0.05) is 25.0 Å². The molecule has 0 radical (unpaired) electrons. The van der Waals surface area contributed by atoms with Crippen LogP contribution in [0.5, 0.6) is 0 Å². The van der Waals surface area contributed by atoms with Crippen LogP contribution < -0.4 is 0 Å². The van der Waals surface area contributed by atoms with Gasteiger partial charge in [0.25, 0.3) is 0 Å². The minimum Gasteiger partial charge on any atom is -0.345 e. The second kappa shape index (κ2) is 5.20. The number of likely N-dealkylation sites (tertiary alicyclic amines) is 1. The van der Waals surface area contributed by atoms with Crippen LogP contribution in [-0.4, -0.2) is 48.4 Å². The third-order valence-corrected chi connectivity index (χ3v) is 4.61. The Morgan fingerprint density at radius 2 is 1.83 bits per heavy atom. The smallest absolute Gasteiger partial charge is 0.226 e. The van der Waals surface area contributed by atoms with Crippen LogP contribution in [0.15, 0.2) is 0 Å². The predicted molar refractivity (Wildman–Crippen MR) is 76.5 cm³/mol. The number of amides is 1. The number of hydrogen-bond acceptors (Lipinski definition) is 2. The van der Waals surface area contributed by atoms with Gasteiger partial charge in [-0.3, -0.25) is 4.79 Å². The molecule has 0 spiro atoms. The molecular formula is C15H30N2O. The summed E-state index contributed by atoms with van der Waals surface area (Å²) in [6.07, 6.45) is 2.09. The summed E-state index contributed by atoms with van der Waals surface area (Å²) in [6, 6.07) is 0. The normalized spacial score (nSPS) is 22.1. The lowest BCUT2D eigenvalue weighted by atomic mass is 9.75. The molecule has 1 saturated heterocycles. The highest BCUT2D eigenvalue weighted by Gasteiger charge is 2.40. The number of carbonyl (C=O) groups is 1. The Labute approximate surface area is 113 Å². The van der Waals surface area contributed by atoms with E-state index in [2.05, 4.69) is 46.6 Å². The van der Waals surface area contributed by atoms with Crippen LogP contribution >= 0.6 is 0 Å². The first-order valence-corrected chi connectivity index (χ1v) is 7.02. The highest BCUT2D eigenvalue weighted by atomic mass is 16.2. The van der Waals surface area contributed by atoms with E-state index in [1.165, 1.54) is 0 Å². The van der Waals surface area contributed by atoms with Crippen molar-refractivity contribution in [1.29, 1.82) is 0 Å². The van der Waals surface area contributed by atoms with E-state index in [0.29, 0.717) is 5.91 Å². The Kier molecular flexibility index (Phi) is 4.47. The summed E-state index contributed by atoms with van der Waals surface area (Å²) >= 11 is 0. The minimum absolute atomic E-state index is 0.0986. The fourth-order valence-electron chi connectivity index (χ4n) is 2.51. The zero-order chi connectivity index (χ0) is 14.1. The van der Waals surface area contributed by atoms with Crippen molar-refractivity contribution < 1.29 is 4.79 Å². The Bertz CT molecular complexity index is 304. The SMILES string of the molecule is CN1CCC(C(C)(C)CCN(C)C(C)(C)C)C1=O. The van der Waals surface area contributed by atoms with Crippen LogP contribution in [0.25, 0.3) is 0 Å². The van der Waals surface area contributed by atoms with E-state index >= 15 is 0 Å². The molecule has 1 amide bonds. The molecule has 1 fully saturated rings. The average molecular weight is 254 g/mol. The molecule has 0 bridgehead atoms. The molecule has 0 saturated carbocycles. The number of rotatable bonds is 4. The van der Waals surface area contributed by atoms with E-state index < -0.39 is 0 Å². The second-order valence-electron chi connectivity index (χ2n) is 7.43. The van der Waals surface area contributed by atoms with Crippen molar-refractivity contribution in [2.75, 3.05) is 27.2 Å². The largest absolute Gasteiger partial charge is 0.345 e. The van der Waals surface area contributed by atoms with E-state index in [9.17, 15) is 4.79 Å². The maximum Gasteiger partial charge on any atom is 0.226 e. The van der Waals surface area contributed by atoms with Gasteiger partial charge in [-0.1, -0.05) is 13.8 Å². The van der Waals surface area contributed by atoms with Crippen molar-refractivity contribution >= 4 is 5.91 Å². The molecule has 0 aromatic rings. The van der Waals surface area contributed by atoms with Crippen molar-refractivity contribution in [3.05, 3.63) is 0 Å². The Hall–Kier alpha value is -0.570. The van der Waals surface area contributed by atoms with E-state index in [1.54, 1.807) is 0 Å². The van der Waals surface area contributed by atoms with Gasteiger partial charge in [-0.25, -0.2) is 0 Å².